The number of nitrogens with one attached hydrogen (secondary N) is 1. The average Bonchev–Trinajstić information content (AvgIpc) is 3.11. The summed E-state index contributed by atoms with van der Waals surface area (Å²) in [5, 5.41) is 10.2. The van der Waals surface area contributed by atoms with Crippen LogP contribution < -0.4 is 0 Å². The van der Waals surface area contributed by atoms with Crippen LogP contribution in [-0.4, -0.2) is 32.1 Å². The second-order valence-corrected chi connectivity index (χ2v) is 8.75. The van der Waals surface area contributed by atoms with Crippen LogP contribution in [0.1, 0.15) is 45.5 Å². The number of hydrogen-bond donors (Lipinski definition) is 2. The first-order valence-electron chi connectivity index (χ1n) is 8.21. The molecule has 2 atom stereocenters. The van der Waals surface area contributed by atoms with E-state index in [9.17, 15) is 9.90 Å². The number of carboxylic acid groups (broad SMARTS) is 1. The Bertz CT molecular complexity index is 783. The number of halogens is 2. The van der Waals surface area contributed by atoms with Crippen LogP contribution in [0.5, 0.6) is 0 Å². The largest absolute Gasteiger partial charge is 0.465 e. The molecule has 1 aliphatic rings. The summed E-state index contributed by atoms with van der Waals surface area (Å²) in [6, 6.07) is 7.36. The summed E-state index contributed by atoms with van der Waals surface area (Å²) in [5.41, 5.74) is 1.41. The molecule has 7 heteroatoms. The fourth-order valence-electron chi connectivity index (χ4n) is 3.52. The normalized spacial score (nSPS) is 20.9. The van der Waals surface area contributed by atoms with Crippen LogP contribution in [0.4, 0.5) is 4.79 Å². The van der Waals surface area contributed by atoms with E-state index >= 15 is 0 Å². The van der Waals surface area contributed by atoms with Crippen LogP contribution in [0, 0.1) is 5.41 Å². The third-order valence-electron chi connectivity index (χ3n) is 4.72. The Hall–Kier alpha value is -1.53. The first-order valence-corrected chi connectivity index (χ1v) is 9.38. The van der Waals surface area contributed by atoms with Crippen LogP contribution in [-0.2, 0) is 0 Å². The van der Waals surface area contributed by atoms with Crippen molar-refractivity contribution in [2.24, 2.45) is 5.41 Å². The Morgan fingerprint density at radius 3 is 2.52 bits per heavy atom. The van der Waals surface area contributed by atoms with E-state index in [-0.39, 0.29) is 17.5 Å². The van der Waals surface area contributed by atoms with Gasteiger partial charge < -0.3 is 10.1 Å². The molecule has 25 heavy (non-hydrogen) atoms. The second kappa shape index (κ2) is 6.65. The lowest BCUT2D eigenvalue weighted by Crippen LogP contribution is -2.43. The Labute approximate surface area is 160 Å². The number of nitrogens with zero attached hydrogens (tertiary/aromatic N) is 2. The van der Waals surface area contributed by atoms with Gasteiger partial charge in [0.05, 0.1) is 6.04 Å². The Kier molecular flexibility index (Phi) is 4.86. The number of aromatic nitrogens is 2. The molecule has 134 valence electrons. The van der Waals surface area contributed by atoms with Gasteiger partial charge in [0.25, 0.3) is 0 Å². The summed E-state index contributed by atoms with van der Waals surface area (Å²) >= 11 is 9.77. The van der Waals surface area contributed by atoms with Gasteiger partial charge in [0, 0.05) is 16.1 Å². The van der Waals surface area contributed by atoms with Crippen molar-refractivity contribution >= 4 is 33.6 Å². The minimum atomic E-state index is -0.917. The molecule has 2 N–H and O–H groups in total. The molecule has 2 aromatic rings. The first-order chi connectivity index (χ1) is 11.7. The standard InChI is InChI=1S/C18H21BrClN3O2/c1-18(2,3)13-9-8-12(23(13)17(24)25)16-21-14(15(20)22-16)10-4-6-11(19)7-5-10/h4-7,12-13H,8-9H2,1-3H3,(H,21,22)(H,24,25). The van der Waals surface area contributed by atoms with Crippen molar-refractivity contribution in [1.29, 1.82) is 0 Å². The first kappa shape index (κ1) is 18.3. The zero-order valence-electron chi connectivity index (χ0n) is 14.4. The van der Waals surface area contributed by atoms with Crippen molar-refractivity contribution in [3.05, 3.63) is 39.7 Å². The van der Waals surface area contributed by atoms with Crippen molar-refractivity contribution < 1.29 is 9.90 Å². The van der Waals surface area contributed by atoms with E-state index in [4.69, 9.17) is 11.6 Å². The van der Waals surface area contributed by atoms with E-state index in [1.54, 1.807) is 0 Å². The summed E-state index contributed by atoms with van der Waals surface area (Å²) in [6.07, 6.45) is 0.629. The molecular weight excluding hydrogens is 406 g/mol. The van der Waals surface area contributed by atoms with Gasteiger partial charge in [0.1, 0.15) is 16.7 Å². The van der Waals surface area contributed by atoms with Crippen molar-refractivity contribution in [2.45, 2.75) is 45.7 Å². The fraction of sp³-hybridized carbons (Fsp3) is 0.444. The van der Waals surface area contributed by atoms with Crippen molar-refractivity contribution in [3.63, 3.8) is 0 Å². The van der Waals surface area contributed by atoms with E-state index in [1.165, 1.54) is 4.90 Å². The highest BCUT2D eigenvalue weighted by Gasteiger charge is 2.44. The monoisotopic (exact) mass is 425 g/mol. The molecule has 1 aromatic carbocycles. The molecule has 5 nitrogen and oxygen atoms in total. The van der Waals surface area contributed by atoms with E-state index in [0.717, 1.165) is 22.9 Å². The Balaban J connectivity index is 1.95. The highest BCUT2D eigenvalue weighted by molar-refractivity contribution is 9.10. The number of carbonyl (C=O) groups is 1. The maximum Gasteiger partial charge on any atom is 0.408 e. The SMILES string of the molecule is CC(C)(C)C1CCC(c2nc(-c3ccc(Br)cc3)c(Cl)[nH]2)N1C(=O)O. The smallest absolute Gasteiger partial charge is 0.408 e. The Morgan fingerprint density at radius 2 is 1.96 bits per heavy atom. The maximum absolute atomic E-state index is 11.9. The molecule has 0 spiro atoms. The minimum Gasteiger partial charge on any atom is -0.465 e. The van der Waals surface area contributed by atoms with Crippen molar-refractivity contribution in [1.82, 2.24) is 14.9 Å². The van der Waals surface area contributed by atoms with Crippen LogP contribution in [0.2, 0.25) is 5.15 Å². The number of imidazole rings is 1. The van der Waals surface area contributed by atoms with Gasteiger partial charge >= 0.3 is 6.09 Å². The third kappa shape index (κ3) is 3.55. The van der Waals surface area contributed by atoms with Crippen LogP contribution in [0.25, 0.3) is 11.3 Å². The van der Waals surface area contributed by atoms with Gasteiger partial charge in [-0.3, -0.25) is 4.90 Å². The average molecular weight is 427 g/mol. The molecule has 1 aliphatic heterocycles. The molecule has 0 radical (unpaired) electrons. The van der Waals surface area contributed by atoms with Gasteiger partial charge in [-0.15, -0.1) is 0 Å². The summed E-state index contributed by atoms with van der Waals surface area (Å²) in [4.78, 5) is 21.1. The molecule has 0 aliphatic carbocycles. The van der Waals surface area contributed by atoms with Crippen LogP contribution >= 0.6 is 27.5 Å². The molecule has 1 aromatic heterocycles. The number of hydrogen-bond acceptors (Lipinski definition) is 2. The third-order valence-corrected chi connectivity index (χ3v) is 5.52. The van der Waals surface area contributed by atoms with E-state index < -0.39 is 6.09 Å². The minimum absolute atomic E-state index is 0.0463. The highest BCUT2D eigenvalue weighted by Crippen LogP contribution is 2.43. The van der Waals surface area contributed by atoms with Crippen LogP contribution in [0.15, 0.2) is 28.7 Å². The molecule has 2 heterocycles. The molecule has 3 rings (SSSR count). The molecule has 1 amide bonds. The molecule has 1 saturated heterocycles. The Morgan fingerprint density at radius 1 is 1.32 bits per heavy atom. The summed E-state index contributed by atoms with van der Waals surface area (Å²) in [5.74, 6) is 0.608. The van der Waals surface area contributed by atoms with Gasteiger partial charge in [-0.05, 0) is 30.4 Å². The van der Waals surface area contributed by atoms with Gasteiger partial charge in [-0.2, -0.15) is 0 Å². The van der Waals surface area contributed by atoms with Gasteiger partial charge in [-0.1, -0.05) is 60.4 Å². The number of likely N-dealkylation sites (tertiary alicyclic amines) is 1. The van der Waals surface area contributed by atoms with Crippen molar-refractivity contribution in [2.75, 3.05) is 0 Å². The summed E-state index contributed by atoms with van der Waals surface area (Å²) in [7, 11) is 0. The number of rotatable bonds is 2. The lowest BCUT2D eigenvalue weighted by molar-refractivity contribution is 0.0851. The number of benzene rings is 1. The summed E-state index contributed by atoms with van der Waals surface area (Å²) < 4.78 is 0.976. The highest BCUT2D eigenvalue weighted by atomic mass is 79.9. The quantitative estimate of drug-likeness (QED) is 0.645. The van der Waals surface area contributed by atoms with E-state index in [0.29, 0.717) is 16.7 Å². The summed E-state index contributed by atoms with van der Waals surface area (Å²) in [6.45, 7) is 6.20. The lowest BCUT2D eigenvalue weighted by atomic mass is 9.85. The fourth-order valence-corrected chi connectivity index (χ4v) is 4.03. The van der Waals surface area contributed by atoms with Gasteiger partial charge in [-0.25, -0.2) is 9.78 Å². The second-order valence-electron chi connectivity index (χ2n) is 7.46. The maximum atomic E-state index is 11.9. The van der Waals surface area contributed by atoms with Gasteiger partial charge in [0.15, 0.2) is 0 Å². The zero-order chi connectivity index (χ0) is 18.4. The lowest BCUT2D eigenvalue weighted by Gasteiger charge is -2.35. The van der Waals surface area contributed by atoms with Crippen LogP contribution in [0.3, 0.4) is 0 Å². The topological polar surface area (TPSA) is 69.2 Å². The molecule has 0 saturated carbocycles. The zero-order valence-corrected chi connectivity index (χ0v) is 16.7. The molecule has 1 fully saturated rings. The molecule has 2 unspecified atom stereocenters. The van der Waals surface area contributed by atoms with Crippen molar-refractivity contribution in [3.8, 4) is 11.3 Å². The molecule has 0 bridgehead atoms. The molecular formula is C18H21BrClN3O2. The predicted molar refractivity (Wildman–Crippen MR) is 102 cm³/mol. The van der Waals surface area contributed by atoms with Gasteiger partial charge in [0.2, 0.25) is 0 Å². The van der Waals surface area contributed by atoms with E-state index in [2.05, 4.69) is 46.7 Å². The number of H-pyrrole nitrogens is 1. The number of amides is 1. The van der Waals surface area contributed by atoms with E-state index in [1.807, 2.05) is 24.3 Å². The number of aromatic amines is 1. The predicted octanol–water partition coefficient (Wildman–Crippen LogP) is 5.72.